The van der Waals surface area contributed by atoms with Gasteiger partial charge in [0.05, 0.1) is 19.0 Å². The molecule has 1 rings (SSSR count). The summed E-state index contributed by atoms with van der Waals surface area (Å²) in [6.45, 7) is -2.11. The van der Waals surface area contributed by atoms with Crippen LogP contribution in [0.1, 0.15) is 6.42 Å². The number of hydrogen-bond acceptors (Lipinski definition) is 4. The minimum absolute atomic E-state index is 0.139. The summed E-state index contributed by atoms with van der Waals surface area (Å²) in [6, 6.07) is -0.917. The Kier molecular flexibility index (Phi) is 3.12. The Morgan fingerprint density at radius 2 is 2.21 bits per heavy atom. The van der Waals surface area contributed by atoms with E-state index in [2.05, 4.69) is 5.32 Å². The summed E-state index contributed by atoms with van der Waals surface area (Å²) in [6.07, 6.45) is -0.139. The standard InChI is InChI=1S/C7H10F2N2O3/c8-7(9,3-12)2-10-4-1-5(13)11-6(4)14/h4,10,12H,1-3H2,(H,11,13,14). The van der Waals surface area contributed by atoms with Crippen LogP contribution in [0, 0.1) is 0 Å². The van der Waals surface area contributed by atoms with E-state index in [1.54, 1.807) is 0 Å². The highest BCUT2D eigenvalue weighted by Gasteiger charge is 2.34. The molecule has 1 heterocycles. The van der Waals surface area contributed by atoms with Crippen LogP contribution in [0.3, 0.4) is 0 Å². The van der Waals surface area contributed by atoms with Gasteiger partial charge >= 0.3 is 0 Å². The maximum absolute atomic E-state index is 12.5. The number of amides is 2. The van der Waals surface area contributed by atoms with Gasteiger partial charge in [-0.2, -0.15) is 0 Å². The Hall–Kier alpha value is -1.08. The third-order valence-corrected chi connectivity index (χ3v) is 1.81. The second kappa shape index (κ2) is 3.97. The summed E-state index contributed by atoms with van der Waals surface area (Å²) >= 11 is 0. The number of imide groups is 1. The average molecular weight is 208 g/mol. The van der Waals surface area contributed by atoms with Crippen LogP contribution in [-0.2, 0) is 9.59 Å². The van der Waals surface area contributed by atoms with E-state index in [0.29, 0.717) is 0 Å². The molecule has 2 amide bonds. The van der Waals surface area contributed by atoms with Gasteiger partial charge < -0.3 is 5.11 Å². The number of nitrogens with one attached hydrogen (secondary N) is 2. The smallest absolute Gasteiger partial charge is 0.282 e. The Labute approximate surface area is 78.5 Å². The molecule has 7 heteroatoms. The molecule has 1 aliphatic heterocycles. The molecule has 1 unspecified atom stereocenters. The largest absolute Gasteiger partial charge is 0.390 e. The van der Waals surface area contributed by atoms with E-state index >= 15 is 0 Å². The number of carbonyl (C=O) groups excluding carboxylic acids is 2. The van der Waals surface area contributed by atoms with Crippen molar-refractivity contribution in [3.63, 3.8) is 0 Å². The highest BCUT2D eigenvalue weighted by molar-refractivity contribution is 6.05. The molecule has 1 saturated heterocycles. The van der Waals surface area contributed by atoms with E-state index in [1.165, 1.54) is 0 Å². The number of rotatable bonds is 4. The lowest BCUT2D eigenvalue weighted by Crippen LogP contribution is -2.44. The zero-order chi connectivity index (χ0) is 10.8. The molecule has 0 spiro atoms. The molecular formula is C7H10F2N2O3. The first kappa shape index (κ1) is 11.0. The van der Waals surface area contributed by atoms with Crippen molar-refractivity contribution in [1.82, 2.24) is 10.6 Å². The second-order valence-electron chi connectivity index (χ2n) is 3.06. The molecule has 0 aliphatic carbocycles. The highest BCUT2D eigenvalue weighted by atomic mass is 19.3. The van der Waals surface area contributed by atoms with Crippen molar-refractivity contribution in [1.29, 1.82) is 0 Å². The molecular weight excluding hydrogens is 198 g/mol. The Morgan fingerprint density at radius 1 is 1.57 bits per heavy atom. The van der Waals surface area contributed by atoms with Crippen LogP contribution in [0.4, 0.5) is 8.78 Å². The minimum Gasteiger partial charge on any atom is -0.390 e. The molecule has 1 atom stereocenters. The molecule has 5 nitrogen and oxygen atoms in total. The summed E-state index contributed by atoms with van der Waals surface area (Å²) in [5, 5.41) is 12.4. The first-order chi connectivity index (χ1) is 6.44. The van der Waals surface area contributed by atoms with Gasteiger partial charge in [-0.05, 0) is 0 Å². The van der Waals surface area contributed by atoms with E-state index in [0.717, 1.165) is 0 Å². The van der Waals surface area contributed by atoms with Crippen LogP contribution in [0.2, 0.25) is 0 Å². The SMILES string of the molecule is O=C1CC(NCC(F)(F)CO)C(=O)N1. The van der Waals surface area contributed by atoms with Crippen molar-refractivity contribution in [3.05, 3.63) is 0 Å². The van der Waals surface area contributed by atoms with Crippen LogP contribution in [0.5, 0.6) is 0 Å². The average Bonchev–Trinajstić information content (AvgIpc) is 2.42. The molecule has 80 valence electrons. The predicted octanol–water partition coefficient (Wildman–Crippen LogP) is -1.38. The van der Waals surface area contributed by atoms with Crippen LogP contribution in [0.25, 0.3) is 0 Å². The molecule has 0 saturated carbocycles. The molecule has 0 aromatic carbocycles. The predicted molar refractivity (Wildman–Crippen MR) is 41.6 cm³/mol. The first-order valence-corrected chi connectivity index (χ1v) is 4.00. The van der Waals surface area contributed by atoms with Crippen molar-refractivity contribution >= 4 is 11.8 Å². The number of aliphatic hydroxyl groups excluding tert-OH is 1. The van der Waals surface area contributed by atoms with Gasteiger partial charge in [-0.3, -0.25) is 20.2 Å². The molecule has 0 radical (unpaired) electrons. The lowest BCUT2D eigenvalue weighted by atomic mass is 10.2. The van der Waals surface area contributed by atoms with Crippen molar-refractivity contribution < 1.29 is 23.5 Å². The maximum Gasteiger partial charge on any atom is 0.282 e. The van der Waals surface area contributed by atoms with Gasteiger partial charge in [-0.15, -0.1) is 0 Å². The van der Waals surface area contributed by atoms with Crippen molar-refractivity contribution in [2.75, 3.05) is 13.2 Å². The fraction of sp³-hybridized carbons (Fsp3) is 0.714. The summed E-state index contributed by atoms with van der Waals surface area (Å²) in [5.74, 6) is -4.37. The topological polar surface area (TPSA) is 78.4 Å². The van der Waals surface area contributed by atoms with Gasteiger partial charge in [0.25, 0.3) is 5.92 Å². The van der Waals surface area contributed by atoms with E-state index in [-0.39, 0.29) is 6.42 Å². The number of aliphatic hydroxyl groups is 1. The number of hydrogen-bond donors (Lipinski definition) is 3. The van der Waals surface area contributed by atoms with Crippen LogP contribution >= 0.6 is 0 Å². The zero-order valence-corrected chi connectivity index (χ0v) is 7.22. The summed E-state index contributed by atoms with van der Waals surface area (Å²) in [4.78, 5) is 21.5. The van der Waals surface area contributed by atoms with Crippen LogP contribution < -0.4 is 10.6 Å². The van der Waals surface area contributed by atoms with Gasteiger partial charge in [0, 0.05) is 0 Å². The number of carbonyl (C=O) groups is 2. The lowest BCUT2D eigenvalue weighted by Gasteiger charge is -2.15. The van der Waals surface area contributed by atoms with Gasteiger partial charge in [0.1, 0.15) is 6.61 Å². The minimum atomic E-state index is -3.27. The fourth-order valence-electron chi connectivity index (χ4n) is 1.05. The summed E-state index contributed by atoms with van der Waals surface area (Å²) < 4.78 is 25.0. The number of halogens is 2. The van der Waals surface area contributed by atoms with Gasteiger partial charge in [-0.1, -0.05) is 0 Å². The molecule has 1 fully saturated rings. The van der Waals surface area contributed by atoms with E-state index in [1.807, 2.05) is 5.32 Å². The normalized spacial score (nSPS) is 22.6. The zero-order valence-electron chi connectivity index (χ0n) is 7.22. The molecule has 0 aromatic heterocycles. The lowest BCUT2D eigenvalue weighted by molar-refractivity contribution is -0.125. The Bertz CT molecular complexity index is 257. The van der Waals surface area contributed by atoms with Gasteiger partial charge in [0.2, 0.25) is 11.8 Å². The third kappa shape index (κ3) is 2.71. The highest BCUT2D eigenvalue weighted by Crippen LogP contribution is 2.11. The fourth-order valence-corrected chi connectivity index (χ4v) is 1.05. The summed E-state index contributed by atoms with van der Waals surface area (Å²) in [5.41, 5.74) is 0. The maximum atomic E-state index is 12.5. The third-order valence-electron chi connectivity index (χ3n) is 1.81. The second-order valence-corrected chi connectivity index (χ2v) is 3.06. The molecule has 14 heavy (non-hydrogen) atoms. The van der Waals surface area contributed by atoms with Gasteiger partial charge in [0.15, 0.2) is 0 Å². The number of alkyl halides is 2. The monoisotopic (exact) mass is 208 g/mol. The van der Waals surface area contributed by atoms with Crippen LogP contribution in [0.15, 0.2) is 0 Å². The Morgan fingerprint density at radius 3 is 2.64 bits per heavy atom. The van der Waals surface area contributed by atoms with Crippen molar-refractivity contribution in [2.45, 2.75) is 18.4 Å². The van der Waals surface area contributed by atoms with Crippen LogP contribution in [-0.4, -0.2) is 42.0 Å². The van der Waals surface area contributed by atoms with E-state index in [4.69, 9.17) is 5.11 Å². The summed E-state index contributed by atoms with van der Waals surface area (Å²) in [7, 11) is 0. The molecule has 0 aromatic rings. The van der Waals surface area contributed by atoms with E-state index < -0.39 is 36.9 Å². The van der Waals surface area contributed by atoms with Crippen molar-refractivity contribution in [3.8, 4) is 0 Å². The van der Waals surface area contributed by atoms with E-state index in [9.17, 15) is 18.4 Å². The van der Waals surface area contributed by atoms with Gasteiger partial charge in [-0.25, -0.2) is 8.78 Å². The van der Waals surface area contributed by atoms with Crippen molar-refractivity contribution in [2.24, 2.45) is 0 Å². The molecule has 1 aliphatic rings. The quantitative estimate of drug-likeness (QED) is 0.497. The first-order valence-electron chi connectivity index (χ1n) is 4.00. The molecule has 0 bridgehead atoms. The molecule has 3 N–H and O–H groups in total. The Balaban J connectivity index is 2.39.